The fraction of sp³-hybridized carbons (Fsp3) is 0.833. The Hall–Kier alpha value is -0.750. The van der Waals surface area contributed by atoms with Crippen LogP contribution >= 0.6 is 11.8 Å². The SMILES string of the molecule is Cn1c(SC2CCCC2)nnc1N1CCOCC1. The number of rotatable bonds is 3. The topological polar surface area (TPSA) is 43.2 Å². The van der Waals surface area contributed by atoms with E-state index in [1.807, 2.05) is 11.8 Å². The molecule has 6 heteroatoms. The molecule has 1 saturated heterocycles. The van der Waals surface area contributed by atoms with Gasteiger partial charge < -0.3 is 9.64 Å². The van der Waals surface area contributed by atoms with Gasteiger partial charge in [-0.1, -0.05) is 24.6 Å². The van der Waals surface area contributed by atoms with Crippen LogP contribution in [-0.4, -0.2) is 46.3 Å². The highest BCUT2D eigenvalue weighted by molar-refractivity contribution is 7.99. The first-order chi connectivity index (χ1) is 8.84. The average molecular weight is 268 g/mol. The zero-order chi connectivity index (χ0) is 12.4. The molecular weight excluding hydrogens is 248 g/mol. The molecule has 1 aliphatic heterocycles. The number of hydrogen-bond donors (Lipinski definition) is 0. The van der Waals surface area contributed by atoms with Gasteiger partial charge in [0, 0.05) is 25.4 Å². The lowest BCUT2D eigenvalue weighted by Gasteiger charge is -2.27. The van der Waals surface area contributed by atoms with Gasteiger partial charge >= 0.3 is 0 Å². The number of hydrogen-bond acceptors (Lipinski definition) is 5. The molecule has 1 saturated carbocycles. The highest BCUT2D eigenvalue weighted by Gasteiger charge is 2.22. The summed E-state index contributed by atoms with van der Waals surface area (Å²) in [6.07, 6.45) is 5.38. The van der Waals surface area contributed by atoms with Crippen LogP contribution in [0.15, 0.2) is 5.16 Å². The van der Waals surface area contributed by atoms with E-state index >= 15 is 0 Å². The molecule has 0 amide bonds. The lowest BCUT2D eigenvalue weighted by molar-refractivity contribution is 0.121. The number of anilines is 1. The van der Waals surface area contributed by atoms with Gasteiger partial charge in [0.15, 0.2) is 5.16 Å². The van der Waals surface area contributed by atoms with Crippen LogP contribution in [0.4, 0.5) is 5.95 Å². The van der Waals surface area contributed by atoms with Gasteiger partial charge in [0.25, 0.3) is 0 Å². The van der Waals surface area contributed by atoms with Crippen molar-refractivity contribution in [2.45, 2.75) is 36.1 Å². The van der Waals surface area contributed by atoms with Crippen molar-refractivity contribution in [3.05, 3.63) is 0 Å². The van der Waals surface area contributed by atoms with Crippen molar-refractivity contribution in [2.24, 2.45) is 7.05 Å². The van der Waals surface area contributed by atoms with Gasteiger partial charge in [-0.25, -0.2) is 0 Å². The van der Waals surface area contributed by atoms with Crippen LogP contribution in [0.25, 0.3) is 0 Å². The molecule has 0 atom stereocenters. The zero-order valence-electron chi connectivity index (χ0n) is 10.8. The van der Waals surface area contributed by atoms with E-state index in [0.29, 0.717) is 0 Å². The lowest BCUT2D eigenvalue weighted by atomic mass is 10.4. The largest absolute Gasteiger partial charge is 0.378 e. The van der Waals surface area contributed by atoms with Crippen LogP contribution < -0.4 is 4.90 Å². The van der Waals surface area contributed by atoms with Crippen LogP contribution in [0.1, 0.15) is 25.7 Å². The molecule has 0 aromatic carbocycles. The molecule has 3 rings (SSSR count). The summed E-state index contributed by atoms with van der Waals surface area (Å²) in [6, 6.07) is 0. The Kier molecular flexibility index (Phi) is 3.75. The van der Waals surface area contributed by atoms with Crippen LogP contribution in [0, 0.1) is 0 Å². The Morgan fingerprint density at radius 2 is 1.89 bits per heavy atom. The second-order valence-electron chi connectivity index (χ2n) is 4.97. The Morgan fingerprint density at radius 3 is 2.61 bits per heavy atom. The maximum atomic E-state index is 5.37. The lowest BCUT2D eigenvalue weighted by Crippen LogP contribution is -2.37. The Morgan fingerprint density at radius 1 is 1.17 bits per heavy atom. The molecule has 0 radical (unpaired) electrons. The van der Waals surface area contributed by atoms with Gasteiger partial charge in [-0.15, -0.1) is 10.2 Å². The number of thioether (sulfide) groups is 1. The third kappa shape index (κ3) is 2.49. The minimum Gasteiger partial charge on any atom is -0.378 e. The first-order valence-corrected chi connectivity index (χ1v) is 7.61. The molecule has 2 fully saturated rings. The molecule has 2 aliphatic rings. The highest BCUT2D eigenvalue weighted by atomic mass is 32.2. The van der Waals surface area contributed by atoms with E-state index in [1.165, 1.54) is 25.7 Å². The number of aromatic nitrogens is 3. The second-order valence-corrected chi connectivity index (χ2v) is 6.23. The van der Waals surface area contributed by atoms with Crippen LogP contribution in [0.2, 0.25) is 0 Å². The van der Waals surface area contributed by atoms with Crippen molar-refractivity contribution >= 4 is 17.7 Å². The second kappa shape index (κ2) is 5.48. The van der Waals surface area contributed by atoms with E-state index < -0.39 is 0 Å². The first kappa shape index (κ1) is 12.3. The molecule has 0 N–H and O–H groups in total. The molecule has 1 aromatic heterocycles. The Balaban J connectivity index is 1.70. The average Bonchev–Trinajstić information content (AvgIpc) is 3.03. The van der Waals surface area contributed by atoms with Gasteiger partial charge in [0.1, 0.15) is 0 Å². The smallest absolute Gasteiger partial charge is 0.227 e. The monoisotopic (exact) mass is 268 g/mol. The van der Waals surface area contributed by atoms with E-state index in [4.69, 9.17) is 4.74 Å². The summed E-state index contributed by atoms with van der Waals surface area (Å²) in [7, 11) is 2.07. The summed E-state index contributed by atoms with van der Waals surface area (Å²) in [5.74, 6) is 0.985. The number of morpholine rings is 1. The Bertz CT molecular complexity index is 397. The summed E-state index contributed by atoms with van der Waals surface area (Å²) in [5, 5.41) is 10.5. The predicted molar refractivity (Wildman–Crippen MR) is 72.1 cm³/mol. The fourth-order valence-electron chi connectivity index (χ4n) is 2.60. The standard InChI is InChI=1S/C12H20N4OS/c1-15-11(16-6-8-17-9-7-16)13-14-12(15)18-10-4-2-3-5-10/h10H,2-9H2,1H3. The van der Waals surface area contributed by atoms with Crippen molar-refractivity contribution in [2.75, 3.05) is 31.2 Å². The molecular formula is C12H20N4OS. The van der Waals surface area contributed by atoms with Crippen molar-refractivity contribution < 1.29 is 4.74 Å². The maximum absolute atomic E-state index is 5.37. The predicted octanol–water partition coefficient (Wildman–Crippen LogP) is 1.69. The van der Waals surface area contributed by atoms with E-state index in [1.54, 1.807) is 0 Å². The van der Waals surface area contributed by atoms with Crippen LogP contribution in [0.5, 0.6) is 0 Å². The van der Waals surface area contributed by atoms with E-state index in [-0.39, 0.29) is 0 Å². The molecule has 5 nitrogen and oxygen atoms in total. The summed E-state index contributed by atoms with van der Waals surface area (Å²) in [6.45, 7) is 3.41. The number of nitrogens with zero attached hydrogens (tertiary/aromatic N) is 4. The minimum atomic E-state index is 0.741. The van der Waals surface area contributed by atoms with Gasteiger partial charge in [-0.05, 0) is 12.8 Å². The minimum absolute atomic E-state index is 0.741. The molecule has 0 spiro atoms. The van der Waals surface area contributed by atoms with Crippen LogP contribution in [0.3, 0.4) is 0 Å². The molecule has 2 heterocycles. The summed E-state index contributed by atoms with van der Waals surface area (Å²) in [5.41, 5.74) is 0. The van der Waals surface area contributed by atoms with Gasteiger partial charge in [0.2, 0.25) is 5.95 Å². The fourth-order valence-corrected chi connectivity index (χ4v) is 3.80. The Labute approximate surface area is 112 Å². The van der Waals surface area contributed by atoms with Crippen molar-refractivity contribution in [1.82, 2.24) is 14.8 Å². The normalized spacial score (nSPS) is 21.7. The molecule has 18 heavy (non-hydrogen) atoms. The highest BCUT2D eigenvalue weighted by Crippen LogP contribution is 2.34. The first-order valence-electron chi connectivity index (χ1n) is 6.73. The quantitative estimate of drug-likeness (QED) is 0.834. The summed E-state index contributed by atoms with van der Waals surface area (Å²) >= 11 is 1.89. The van der Waals surface area contributed by atoms with E-state index in [9.17, 15) is 0 Å². The van der Waals surface area contributed by atoms with Gasteiger partial charge in [-0.2, -0.15) is 0 Å². The van der Waals surface area contributed by atoms with Crippen molar-refractivity contribution in [1.29, 1.82) is 0 Å². The maximum Gasteiger partial charge on any atom is 0.227 e. The van der Waals surface area contributed by atoms with E-state index in [2.05, 4.69) is 26.7 Å². The van der Waals surface area contributed by atoms with Gasteiger partial charge in [-0.3, -0.25) is 4.57 Å². The molecule has 0 unspecified atom stereocenters. The van der Waals surface area contributed by atoms with Gasteiger partial charge in [0.05, 0.1) is 13.2 Å². The van der Waals surface area contributed by atoms with Crippen LogP contribution in [-0.2, 0) is 11.8 Å². The molecule has 0 bridgehead atoms. The summed E-state index contributed by atoms with van der Waals surface area (Å²) in [4.78, 5) is 2.26. The van der Waals surface area contributed by atoms with Crippen molar-refractivity contribution in [3.8, 4) is 0 Å². The molecule has 1 aliphatic carbocycles. The van der Waals surface area contributed by atoms with E-state index in [0.717, 1.165) is 42.7 Å². The number of ether oxygens (including phenoxy) is 1. The third-order valence-corrected chi connectivity index (χ3v) is 5.05. The zero-order valence-corrected chi connectivity index (χ0v) is 11.7. The van der Waals surface area contributed by atoms with Crippen molar-refractivity contribution in [3.63, 3.8) is 0 Å². The summed E-state index contributed by atoms with van der Waals surface area (Å²) < 4.78 is 7.50. The molecule has 1 aromatic rings. The molecule has 100 valence electrons. The third-order valence-electron chi connectivity index (χ3n) is 3.68.